The van der Waals surface area contributed by atoms with Gasteiger partial charge in [0.05, 0.1) is 23.9 Å². The van der Waals surface area contributed by atoms with Crippen LogP contribution in [0.15, 0.2) is 59.4 Å². The fraction of sp³-hybridized carbons (Fsp3) is 0.148. The fourth-order valence-electron chi connectivity index (χ4n) is 4.67. The number of anilines is 2. The highest BCUT2D eigenvalue weighted by Crippen LogP contribution is 2.43. The molecule has 0 amide bonds. The van der Waals surface area contributed by atoms with E-state index < -0.39 is 11.5 Å². The normalized spacial score (nSPS) is 11.9. The van der Waals surface area contributed by atoms with E-state index in [9.17, 15) is 14.4 Å². The van der Waals surface area contributed by atoms with Crippen LogP contribution in [0.4, 0.5) is 11.4 Å². The molecule has 0 aliphatic heterocycles. The second-order valence-corrected chi connectivity index (χ2v) is 8.31. The standard InChI is InChI=1S/C27H22N2O4/c1-14-9-10-18(15(2)13-14)28-19-11-12-20-23-21(24(27(32)33-4)26(31)29(20)3)16-7-5-6-8-17(16)25(30)22(19)23/h5-13,28H,1-4H3. The van der Waals surface area contributed by atoms with Crippen molar-refractivity contribution in [3.8, 4) is 11.1 Å². The zero-order chi connectivity index (χ0) is 23.4. The van der Waals surface area contributed by atoms with Crippen molar-refractivity contribution in [2.24, 2.45) is 7.05 Å². The number of aromatic nitrogens is 1. The Bertz CT molecular complexity index is 1560. The van der Waals surface area contributed by atoms with Gasteiger partial charge in [0.1, 0.15) is 5.56 Å². The third-order valence-electron chi connectivity index (χ3n) is 6.27. The topological polar surface area (TPSA) is 77.4 Å². The van der Waals surface area contributed by atoms with Crippen molar-refractivity contribution in [2.75, 3.05) is 12.4 Å². The second-order valence-electron chi connectivity index (χ2n) is 8.31. The van der Waals surface area contributed by atoms with Crippen LogP contribution in [0.2, 0.25) is 0 Å². The Hall–Kier alpha value is -4.19. The van der Waals surface area contributed by atoms with Gasteiger partial charge in [0.25, 0.3) is 5.56 Å². The van der Waals surface area contributed by atoms with E-state index in [2.05, 4.69) is 11.4 Å². The predicted molar refractivity (Wildman–Crippen MR) is 129 cm³/mol. The number of aryl methyl sites for hydroxylation is 3. The minimum atomic E-state index is -0.727. The van der Waals surface area contributed by atoms with Gasteiger partial charge >= 0.3 is 5.97 Å². The van der Waals surface area contributed by atoms with Crippen molar-refractivity contribution in [1.29, 1.82) is 0 Å². The zero-order valence-electron chi connectivity index (χ0n) is 18.8. The van der Waals surface area contributed by atoms with Crippen LogP contribution < -0.4 is 10.9 Å². The van der Waals surface area contributed by atoms with Crippen LogP contribution in [0.25, 0.3) is 22.0 Å². The number of rotatable bonds is 3. The van der Waals surface area contributed by atoms with Gasteiger partial charge in [0.15, 0.2) is 5.78 Å². The summed E-state index contributed by atoms with van der Waals surface area (Å²) in [6.07, 6.45) is 0. The predicted octanol–water partition coefficient (Wildman–Crippen LogP) is 4.90. The monoisotopic (exact) mass is 438 g/mol. The Morgan fingerprint density at radius 3 is 2.30 bits per heavy atom. The molecule has 0 saturated carbocycles. The number of carbonyl (C=O) groups excluding carboxylic acids is 2. The molecular weight excluding hydrogens is 416 g/mol. The van der Waals surface area contributed by atoms with Crippen LogP contribution in [0, 0.1) is 13.8 Å². The average Bonchev–Trinajstić information content (AvgIpc) is 2.81. The van der Waals surface area contributed by atoms with Crippen molar-refractivity contribution in [3.05, 3.63) is 92.8 Å². The maximum absolute atomic E-state index is 13.7. The maximum atomic E-state index is 13.7. The van der Waals surface area contributed by atoms with Crippen molar-refractivity contribution in [1.82, 2.24) is 4.57 Å². The summed E-state index contributed by atoms with van der Waals surface area (Å²) in [5.74, 6) is -0.888. The molecule has 0 radical (unpaired) electrons. The van der Waals surface area contributed by atoms with Crippen LogP contribution in [0.3, 0.4) is 0 Å². The SMILES string of the molecule is COC(=O)c1c2c3c(c(Nc4ccc(C)cc4C)ccc3n(C)c1=O)C(=O)c1ccccc1-2. The van der Waals surface area contributed by atoms with E-state index >= 15 is 0 Å². The summed E-state index contributed by atoms with van der Waals surface area (Å²) in [7, 11) is 2.84. The molecule has 0 spiro atoms. The molecule has 4 aromatic rings. The third-order valence-corrected chi connectivity index (χ3v) is 6.27. The number of ketones is 1. The lowest BCUT2D eigenvalue weighted by molar-refractivity contribution is 0.0599. The molecule has 1 aliphatic rings. The first kappa shape index (κ1) is 20.7. The van der Waals surface area contributed by atoms with E-state index in [1.54, 1.807) is 37.4 Å². The number of fused-ring (bicyclic) bond motifs is 2. The van der Waals surface area contributed by atoms with E-state index in [-0.39, 0.29) is 11.3 Å². The maximum Gasteiger partial charge on any atom is 0.344 e. The molecular formula is C27H22N2O4. The van der Waals surface area contributed by atoms with Gasteiger partial charge in [-0.25, -0.2) is 4.79 Å². The first-order valence-corrected chi connectivity index (χ1v) is 10.6. The molecule has 6 nitrogen and oxygen atoms in total. The van der Waals surface area contributed by atoms with Crippen molar-refractivity contribution >= 4 is 34.0 Å². The minimum Gasteiger partial charge on any atom is -0.465 e. The Balaban J connectivity index is 1.92. The quantitative estimate of drug-likeness (QED) is 0.406. The molecule has 0 bridgehead atoms. The van der Waals surface area contributed by atoms with E-state index in [4.69, 9.17) is 4.74 Å². The van der Waals surface area contributed by atoms with E-state index in [1.165, 1.54) is 11.7 Å². The highest BCUT2D eigenvalue weighted by Gasteiger charge is 2.34. The molecule has 1 heterocycles. The number of hydrogen-bond acceptors (Lipinski definition) is 5. The van der Waals surface area contributed by atoms with Gasteiger partial charge < -0.3 is 14.6 Å². The van der Waals surface area contributed by atoms with Gasteiger partial charge in [-0.2, -0.15) is 0 Å². The van der Waals surface area contributed by atoms with Gasteiger partial charge in [-0.15, -0.1) is 0 Å². The second kappa shape index (κ2) is 7.45. The first-order valence-electron chi connectivity index (χ1n) is 10.6. The van der Waals surface area contributed by atoms with Crippen LogP contribution in [-0.2, 0) is 11.8 Å². The lowest BCUT2D eigenvalue weighted by Gasteiger charge is -2.25. The summed E-state index contributed by atoms with van der Waals surface area (Å²) in [5, 5.41) is 3.97. The molecule has 164 valence electrons. The Morgan fingerprint density at radius 1 is 0.909 bits per heavy atom. The number of ether oxygens (including phenoxy) is 1. The molecule has 6 heteroatoms. The summed E-state index contributed by atoms with van der Waals surface area (Å²) in [5.41, 5.74) is 5.59. The Morgan fingerprint density at radius 2 is 1.61 bits per heavy atom. The lowest BCUT2D eigenvalue weighted by atomic mass is 9.81. The highest BCUT2D eigenvalue weighted by atomic mass is 16.5. The van der Waals surface area contributed by atoms with Crippen LogP contribution >= 0.6 is 0 Å². The summed E-state index contributed by atoms with van der Waals surface area (Å²) < 4.78 is 6.37. The van der Waals surface area contributed by atoms with E-state index in [0.29, 0.717) is 38.8 Å². The van der Waals surface area contributed by atoms with Gasteiger partial charge in [-0.05, 0) is 43.2 Å². The summed E-state index contributed by atoms with van der Waals surface area (Å²) in [6, 6.07) is 16.7. The lowest BCUT2D eigenvalue weighted by Crippen LogP contribution is -2.29. The van der Waals surface area contributed by atoms with Crippen molar-refractivity contribution in [2.45, 2.75) is 13.8 Å². The van der Waals surface area contributed by atoms with Crippen LogP contribution in [0.1, 0.15) is 37.4 Å². The number of carbonyl (C=O) groups is 2. The number of hydrogen-bond donors (Lipinski definition) is 1. The Labute approximate surface area is 190 Å². The van der Waals surface area contributed by atoms with Gasteiger partial charge in [0.2, 0.25) is 0 Å². The molecule has 33 heavy (non-hydrogen) atoms. The molecule has 1 N–H and O–H groups in total. The number of nitrogens with one attached hydrogen (secondary N) is 1. The van der Waals surface area contributed by atoms with Crippen molar-refractivity contribution in [3.63, 3.8) is 0 Å². The van der Waals surface area contributed by atoms with Crippen LogP contribution in [0.5, 0.6) is 0 Å². The fourth-order valence-corrected chi connectivity index (χ4v) is 4.67. The average molecular weight is 438 g/mol. The number of pyridine rings is 1. The molecule has 0 atom stereocenters. The van der Waals surface area contributed by atoms with Gasteiger partial charge in [0, 0.05) is 29.2 Å². The van der Waals surface area contributed by atoms with Crippen LogP contribution in [-0.4, -0.2) is 23.4 Å². The largest absolute Gasteiger partial charge is 0.465 e. The zero-order valence-corrected chi connectivity index (χ0v) is 18.8. The number of methoxy groups -OCH3 is 1. The van der Waals surface area contributed by atoms with Gasteiger partial charge in [-0.3, -0.25) is 9.59 Å². The van der Waals surface area contributed by atoms with E-state index in [1.807, 2.05) is 32.0 Å². The van der Waals surface area contributed by atoms with Crippen molar-refractivity contribution < 1.29 is 14.3 Å². The number of benzene rings is 3. The molecule has 5 rings (SSSR count). The third kappa shape index (κ3) is 2.98. The molecule has 0 saturated heterocycles. The van der Waals surface area contributed by atoms with E-state index in [0.717, 1.165) is 16.8 Å². The first-order chi connectivity index (χ1) is 15.8. The minimum absolute atomic E-state index is 0.0719. The molecule has 0 fully saturated rings. The number of esters is 1. The molecule has 0 unspecified atom stereocenters. The molecule has 1 aliphatic carbocycles. The Kier molecular flexibility index (Phi) is 4.67. The highest BCUT2D eigenvalue weighted by molar-refractivity contribution is 6.29. The van der Waals surface area contributed by atoms with Gasteiger partial charge in [-0.1, -0.05) is 42.0 Å². The summed E-state index contributed by atoms with van der Waals surface area (Å²) in [4.78, 5) is 39.7. The summed E-state index contributed by atoms with van der Waals surface area (Å²) in [6.45, 7) is 4.03. The molecule has 1 aromatic heterocycles. The number of nitrogens with zero attached hydrogens (tertiary/aromatic N) is 1. The molecule has 3 aromatic carbocycles. The summed E-state index contributed by atoms with van der Waals surface area (Å²) >= 11 is 0. The smallest absolute Gasteiger partial charge is 0.344 e.